The number of benzene rings is 1. The third-order valence-corrected chi connectivity index (χ3v) is 4.20. The van der Waals surface area contributed by atoms with E-state index in [-0.39, 0.29) is 6.04 Å². The van der Waals surface area contributed by atoms with E-state index in [1.807, 2.05) is 25.1 Å². The van der Waals surface area contributed by atoms with E-state index in [0.717, 1.165) is 54.4 Å². The lowest BCUT2D eigenvalue weighted by molar-refractivity contribution is 0.204. The monoisotopic (exact) mass is 302 g/mol. The first-order valence-electron chi connectivity index (χ1n) is 7.60. The second-order valence-corrected chi connectivity index (χ2v) is 5.65. The van der Waals surface area contributed by atoms with Gasteiger partial charge in [-0.2, -0.15) is 0 Å². The van der Waals surface area contributed by atoms with Gasteiger partial charge in [-0.25, -0.2) is 0 Å². The lowest BCUT2D eigenvalue weighted by atomic mass is 10.1. The van der Waals surface area contributed by atoms with Crippen LogP contribution in [0.15, 0.2) is 28.8 Å². The first-order chi connectivity index (χ1) is 10.7. The third kappa shape index (κ3) is 2.81. The number of likely N-dealkylation sites (tertiary alicyclic amines) is 1. The Kier molecular flexibility index (Phi) is 4.34. The maximum atomic E-state index is 5.54. The Morgan fingerprint density at radius 3 is 2.86 bits per heavy atom. The fourth-order valence-corrected chi connectivity index (χ4v) is 3.17. The number of rotatable bonds is 5. The third-order valence-electron chi connectivity index (χ3n) is 4.20. The minimum absolute atomic E-state index is 0.289. The molecule has 0 bridgehead atoms. The van der Waals surface area contributed by atoms with E-state index >= 15 is 0 Å². The van der Waals surface area contributed by atoms with Crippen molar-refractivity contribution in [2.24, 2.45) is 0 Å². The van der Waals surface area contributed by atoms with Gasteiger partial charge in [0.15, 0.2) is 17.3 Å². The van der Waals surface area contributed by atoms with Gasteiger partial charge >= 0.3 is 0 Å². The molecule has 1 atom stereocenters. The zero-order valence-electron chi connectivity index (χ0n) is 13.3. The number of para-hydroxylation sites is 1. The van der Waals surface area contributed by atoms with E-state index < -0.39 is 0 Å². The summed E-state index contributed by atoms with van der Waals surface area (Å²) in [5.74, 6) is 2.53. The molecule has 2 aromatic rings. The molecule has 0 N–H and O–H groups in total. The molecule has 1 saturated heterocycles. The molecule has 1 aromatic heterocycles. The molecule has 118 valence electrons. The normalized spacial score (nSPS) is 18.6. The van der Waals surface area contributed by atoms with Crippen LogP contribution in [-0.2, 0) is 6.54 Å². The molecule has 3 rings (SSSR count). The maximum absolute atomic E-state index is 5.54. The highest BCUT2D eigenvalue weighted by Gasteiger charge is 2.29. The van der Waals surface area contributed by atoms with Gasteiger partial charge in [0.25, 0.3) is 0 Å². The van der Waals surface area contributed by atoms with Crippen LogP contribution in [0.3, 0.4) is 0 Å². The van der Waals surface area contributed by atoms with Crippen LogP contribution in [0.1, 0.15) is 35.9 Å². The Bertz CT molecular complexity index is 639. The molecule has 1 aliphatic heterocycles. The highest BCUT2D eigenvalue weighted by atomic mass is 16.5. The van der Waals surface area contributed by atoms with Crippen LogP contribution in [0.2, 0.25) is 0 Å². The fraction of sp³-hybridized carbons (Fsp3) is 0.471. The van der Waals surface area contributed by atoms with E-state index in [9.17, 15) is 0 Å². The van der Waals surface area contributed by atoms with E-state index in [1.165, 1.54) is 0 Å². The highest BCUT2D eigenvalue weighted by Crippen LogP contribution is 2.37. The van der Waals surface area contributed by atoms with Gasteiger partial charge in [0.2, 0.25) is 0 Å². The fourth-order valence-electron chi connectivity index (χ4n) is 3.17. The zero-order valence-corrected chi connectivity index (χ0v) is 13.3. The van der Waals surface area contributed by atoms with Crippen molar-refractivity contribution >= 4 is 0 Å². The molecule has 0 spiro atoms. The minimum Gasteiger partial charge on any atom is -0.493 e. The summed E-state index contributed by atoms with van der Waals surface area (Å²) < 4.78 is 16.4. The Morgan fingerprint density at radius 1 is 1.32 bits per heavy atom. The molecule has 22 heavy (non-hydrogen) atoms. The molecule has 1 aromatic carbocycles. The van der Waals surface area contributed by atoms with Crippen LogP contribution in [0.4, 0.5) is 0 Å². The number of methoxy groups -OCH3 is 2. The Labute approximate surface area is 130 Å². The molecule has 0 saturated carbocycles. The standard InChI is InChI=1S/C17H22N2O3/c1-12-10-16(22-18-12)14-7-5-9-19(14)11-13-6-4-8-15(20-2)17(13)21-3/h4,6,8,10,14H,5,7,9,11H2,1-3H3/t14-/m0/s1. The minimum atomic E-state index is 0.289. The van der Waals surface area contributed by atoms with Crippen molar-refractivity contribution in [1.29, 1.82) is 0 Å². The van der Waals surface area contributed by atoms with Crippen LogP contribution >= 0.6 is 0 Å². The van der Waals surface area contributed by atoms with Crippen molar-refractivity contribution in [3.8, 4) is 11.5 Å². The van der Waals surface area contributed by atoms with Crippen LogP contribution in [-0.4, -0.2) is 30.8 Å². The molecular weight excluding hydrogens is 280 g/mol. The molecular formula is C17H22N2O3. The average Bonchev–Trinajstić information content (AvgIpc) is 3.15. The van der Waals surface area contributed by atoms with Crippen molar-refractivity contribution in [2.75, 3.05) is 20.8 Å². The van der Waals surface area contributed by atoms with Crippen molar-refractivity contribution in [3.05, 3.63) is 41.3 Å². The Balaban J connectivity index is 1.83. The molecule has 0 aliphatic carbocycles. The van der Waals surface area contributed by atoms with Gasteiger partial charge in [-0.1, -0.05) is 17.3 Å². The largest absolute Gasteiger partial charge is 0.493 e. The Hall–Kier alpha value is -2.01. The van der Waals surface area contributed by atoms with Crippen molar-refractivity contribution in [2.45, 2.75) is 32.4 Å². The lowest BCUT2D eigenvalue weighted by Gasteiger charge is -2.23. The van der Waals surface area contributed by atoms with Gasteiger partial charge in [0, 0.05) is 18.2 Å². The van der Waals surface area contributed by atoms with Crippen molar-refractivity contribution in [3.63, 3.8) is 0 Å². The first kappa shape index (κ1) is 14.9. The highest BCUT2D eigenvalue weighted by molar-refractivity contribution is 5.46. The summed E-state index contributed by atoms with van der Waals surface area (Å²) in [6.07, 6.45) is 2.26. The number of hydrogen-bond acceptors (Lipinski definition) is 5. The van der Waals surface area contributed by atoms with Crippen LogP contribution in [0.5, 0.6) is 11.5 Å². The predicted octanol–water partition coefficient (Wildman–Crippen LogP) is 3.34. The number of hydrogen-bond donors (Lipinski definition) is 0. The molecule has 1 fully saturated rings. The Morgan fingerprint density at radius 2 is 2.18 bits per heavy atom. The van der Waals surface area contributed by atoms with Crippen LogP contribution < -0.4 is 9.47 Å². The SMILES string of the molecule is COc1cccc(CN2CCC[C@H]2c2cc(C)no2)c1OC. The van der Waals surface area contributed by atoms with Crippen molar-refractivity contribution < 1.29 is 14.0 Å². The average molecular weight is 302 g/mol. The summed E-state index contributed by atoms with van der Waals surface area (Å²) in [7, 11) is 3.35. The molecule has 0 amide bonds. The van der Waals surface area contributed by atoms with E-state index in [1.54, 1.807) is 14.2 Å². The smallest absolute Gasteiger partial charge is 0.165 e. The topological polar surface area (TPSA) is 47.7 Å². The van der Waals surface area contributed by atoms with E-state index in [2.05, 4.69) is 16.1 Å². The second kappa shape index (κ2) is 6.40. The molecule has 1 aliphatic rings. The molecule has 2 heterocycles. The molecule has 5 nitrogen and oxygen atoms in total. The quantitative estimate of drug-likeness (QED) is 0.848. The lowest BCUT2D eigenvalue weighted by Crippen LogP contribution is -2.22. The zero-order chi connectivity index (χ0) is 15.5. The van der Waals surface area contributed by atoms with Gasteiger partial charge in [-0.3, -0.25) is 4.90 Å². The second-order valence-electron chi connectivity index (χ2n) is 5.65. The molecule has 0 unspecified atom stereocenters. The van der Waals surface area contributed by atoms with Gasteiger partial charge in [0.05, 0.1) is 26.0 Å². The number of ether oxygens (including phenoxy) is 2. The molecule has 5 heteroatoms. The number of nitrogens with zero attached hydrogens (tertiary/aromatic N) is 2. The first-order valence-corrected chi connectivity index (χ1v) is 7.60. The summed E-state index contributed by atoms with van der Waals surface area (Å²) in [6, 6.07) is 8.33. The van der Waals surface area contributed by atoms with Crippen molar-refractivity contribution in [1.82, 2.24) is 10.1 Å². The summed E-state index contributed by atoms with van der Waals surface area (Å²) in [5.41, 5.74) is 2.06. The van der Waals surface area contributed by atoms with Gasteiger partial charge in [0.1, 0.15) is 0 Å². The summed E-state index contributed by atoms with van der Waals surface area (Å²) in [5, 5.41) is 4.02. The predicted molar refractivity (Wildman–Crippen MR) is 83.2 cm³/mol. The summed E-state index contributed by atoms with van der Waals surface area (Å²) in [6.45, 7) is 3.81. The van der Waals surface area contributed by atoms with Crippen LogP contribution in [0.25, 0.3) is 0 Å². The van der Waals surface area contributed by atoms with Gasteiger partial charge in [-0.15, -0.1) is 0 Å². The van der Waals surface area contributed by atoms with E-state index in [4.69, 9.17) is 14.0 Å². The number of aryl methyl sites for hydroxylation is 1. The van der Waals surface area contributed by atoms with E-state index in [0.29, 0.717) is 0 Å². The van der Waals surface area contributed by atoms with Crippen LogP contribution in [0, 0.1) is 6.92 Å². The molecule has 0 radical (unpaired) electrons. The van der Waals surface area contributed by atoms with Gasteiger partial charge in [-0.05, 0) is 32.4 Å². The summed E-state index contributed by atoms with van der Waals surface area (Å²) >= 11 is 0. The summed E-state index contributed by atoms with van der Waals surface area (Å²) in [4.78, 5) is 2.41. The maximum Gasteiger partial charge on any atom is 0.165 e. The van der Waals surface area contributed by atoms with Gasteiger partial charge < -0.3 is 14.0 Å². The number of aromatic nitrogens is 1.